The van der Waals surface area contributed by atoms with Gasteiger partial charge in [0.25, 0.3) is 0 Å². The average Bonchev–Trinajstić information content (AvgIpc) is 3.60. The summed E-state index contributed by atoms with van der Waals surface area (Å²) in [6.07, 6.45) is -0.517. The topological polar surface area (TPSA) is 118 Å². The predicted octanol–water partition coefficient (Wildman–Crippen LogP) is 5.62. The van der Waals surface area contributed by atoms with E-state index >= 15 is 0 Å². The minimum atomic E-state index is -1.31. The van der Waals surface area contributed by atoms with E-state index in [-0.39, 0.29) is 0 Å². The van der Waals surface area contributed by atoms with Gasteiger partial charge in [0.05, 0.1) is 11.4 Å². The number of carboxylic acids is 1. The lowest BCUT2D eigenvalue weighted by molar-refractivity contribution is -0.147. The molecule has 0 bridgehead atoms. The van der Waals surface area contributed by atoms with Gasteiger partial charge < -0.3 is 15.2 Å². The molecule has 0 saturated heterocycles. The normalized spacial score (nSPS) is 14.1. The van der Waals surface area contributed by atoms with Gasteiger partial charge in [0.15, 0.2) is 0 Å². The lowest BCUT2D eigenvalue weighted by atomic mass is 10.1. The van der Waals surface area contributed by atoms with Gasteiger partial charge in [0.1, 0.15) is 16.4 Å². The molecule has 1 heterocycles. The van der Waals surface area contributed by atoms with Crippen molar-refractivity contribution in [2.45, 2.75) is 32.8 Å². The first-order valence-corrected chi connectivity index (χ1v) is 12.2. The summed E-state index contributed by atoms with van der Waals surface area (Å²) in [5, 5.41) is 15.1. The Morgan fingerprint density at radius 2 is 1.81 bits per heavy atom. The quantitative estimate of drug-likeness (QED) is 0.285. The molecule has 1 saturated carbocycles. The fourth-order valence-corrected chi connectivity index (χ4v) is 4.44. The van der Waals surface area contributed by atoms with Gasteiger partial charge in [-0.25, -0.2) is 4.79 Å². The van der Waals surface area contributed by atoms with Gasteiger partial charge >= 0.3 is 12.1 Å². The standard InChI is InChI=1S/C26H22ClN3O5S/c1-15-22(29-25(34)35-16(2)19-5-3-4-6-20(19)27)21(36-30-15)12-9-17-7-10-18(11-8-17)28-23(31)26(13-14-26)24(32)33/h3-8,10-11,16H,13-14H2,1-2H3,(H,28,31)(H,29,34)(H,32,33). The van der Waals surface area contributed by atoms with Crippen LogP contribution in [0.3, 0.4) is 0 Å². The molecule has 3 aromatic rings. The van der Waals surface area contributed by atoms with E-state index in [1.807, 2.05) is 6.07 Å². The van der Waals surface area contributed by atoms with E-state index in [2.05, 4.69) is 26.8 Å². The number of aliphatic carboxylic acids is 1. The summed E-state index contributed by atoms with van der Waals surface area (Å²) in [6.45, 7) is 3.49. The molecule has 2 amide bonds. The number of halogens is 1. The molecule has 8 nitrogen and oxygen atoms in total. The van der Waals surface area contributed by atoms with Gasteiger partial charge in [-0.05, 0) is 74.5 Å². The van der Waals surface area contributed by atoms with Crippen LogP contribution in [-0.2, 0) is 14.3 Å². The lowest BCUT2D eigenvalue weighted by Gasteiger charge is -2.15. The highest BCUT2D eigenvalue weighted by Crippen LogP contribution is 2.46. The number of aryl methyl sites for hydroxylation is 1. The summed E-state index contributed by atoms with van der Waals surface area (Å²) in [5.74, 6) is 4.40. The number of hydrogen-bond acceptors (Lipinski definition) is 6. The third-order valence-electron chi connectivity index (χ3n) is 5.77. The highest BCUT2D eigenvalue weighted by molar-refractivity contribution is 7.07. The lowest BCUT2D eigenvalue weighted by Crippen LogP contribution is -2.31. The maximum atomic E-state index is 12.5. The van der Waals surface area contributed by atoms with Gasteiger partial charge in [-0.3, -0.25) is 14.9 Å². The largest absolute Gasteiger partial charge is 0.480 e. The van der Waals surface area contributed by atoms with Gasteiger partial charge in [0, 0.05) is 21.8 Å². The smallest absolute Gasteiger partial charge is 0.412 e. The number of carbonyl (C=O) groups excluding carboxylic acids is 2. The summed E-state index contributed by atoms with van der Waals surface area (Å²) >= 11 is 7.33. The Labute approximate surface area is 216 Å². The number of nitrogens with one attached hydrogen (secondary N) is 2. The molecule has 184 valence electrons. The maximum Gasteiger partial charge on any atom is 0.412 e. The van der Waals surface area contributed by atoms with Crippen molar-refractivity contribution in [2.75, 3.05) is 10.6 Å². The molecule has 3 N–H and O–H groups in total. The molecule has 1 aromatic heterocycles. The van der Waals surface area contributed by atoms with Crippen LogP contribution in [-0.4, -0.2) is 27.4 Å². The Hall–Kier alpha value is -3.87. The van der Waals surface area contributed by atoms with Crippen LogP contribution >= 0.6 is 23.1 Å². The zero-order valence-corrected chi connectivity index (χ0v) is 21.0. The molecule has 1 aliphatic rings. The number of aromatic nitrogens is 1. The minimum absolute atomic E-state index is 0.342. The number of benzene rings is 2. The second-order valence-electron chi connectivity index (χ2n) is 8.33. The van der Waals surface area contributed by atoms with E-state index in [0.717, 1.165) is 11.5 Å². The van der Waals surface area contributed by atoms with Crippen molar-refractivity contribution in [3.63, 3.8) is 0 Å². The Morgan fingerprint density at radius 3 is 2.44 bits per heavy atom. The Balaban J connectivity index is 1.40. The van der Waals surface area contributed by atoms with E-state index in [0.29, 0.717) is 50.9 Å². The van der Waals surface area contributed by atoms with Gasteiger partial charge in [-0.2, -0.15) is 4.37 Å². The number of ether oxygens (including phenoxy) is 1. The molecule has 1 fully saturated rings. The first kappa shape index (κ1) is 25.2. The van der Waals surface area contributed by atoms with Crippen LogP contribution in [0.2, 0.25) is 5.02 Å². The van der Waals surface area contributed by atoms with E-state index in [1.165, 1.54) is 0 Å². The average molecular weight is 524 g/mol. The molecule has 1 unspecified atom stereocenters. The summed E-state index contributed by atoms with van der Waals surface area (Å²) in [5.41, 5.74) is 1.62. The van der Waals surface area contributed by atoms with Crippen LogP contribution in [0, 0.1) is 24.2 Å². The molecule has 0 spiro atoms. The van der Waals surface area contributed by atoms with Crippen molar-refractivity contribution in [2.24, 2.45) is 5.41 Å². The molecule has 36 heavy (non-hydrogen) atoms. The number of nitrogens with zero attached hydrogens (tertiary/aromatic N) is 1. The van der Waals surface area contributed by atoms with E-state index in [4.69, 9.17) is 16.3 Å². The zero-order chi connectivity index (χ0) is 25.9. The third kappa shape index (κ3) is 5.51. The fourth-order valence-electron chi connectivity index (χ4n) is 3.44. The number of hydrogen-bond donors (Lipinski definition) is 3. The maximum absolute atomic E-state index is 12.5. The van der Waals surface area contributed by atoms with Crippen LogP contribution in [0.15, 0.2) is 48.5 Å². The molecule has 4 rings (SSSR count). The molecule has 0 aliphatic heterocycles. The molecule has 0 radical (unpaired) electrons. The highest BCUT2D eigenvalue weighted by Gasteiger charge is 2.57. The van der Waals surface area contributed by atoms with Crippen LogP contribution in [0.25, 0.3) is 0 Å². The first-order chi connectivity index (χ1) is 17.2. The third-order valence-corrected chi connectivity index (χ3v) is 6.97. The van der Waals surface area contributed by atoms with Crippen molar-refractivity contribution in [1.29, 1.82) is 0 Å². The summed E-state index contributed by atoms with van der Waals surface area (Å²) in [6, 6.07) is 13.9. The Kier molecular flexibility index (Phi) is 7.29. The van der Waals surface area contributed by atoms with Crippen LogP contribution in [0.1, 0.15) is 47.6 Å². The number of anilines is 2. The predicted molar refractivity (Wildman–Crippen MR) is 137 cm³/mol. The van der Waals surface area contributed by atoms with Crippen LogP contribution in [0.4, 0.5) is 16.2 Å². The molecule has 2 aromatic carbocycles. The van der Waals surface area contributed by atoms with Crippen molar-refractivity contribution >= 4 is 52.5 Å². The highest BCUT2D eigenvalue weighted by atomic mass is 35.5. The number of rotatable bonds is 6. The Morgan fingerprint density at radius 1 is 1.11 bits per heavy atom. The molecule has 1 atom stereocenters. The van der Waals surface area contributed by atoms with Crippen LogP contribution < -0.4 is 10.6 Å². The monoisotopic (exact) mass is 523 g/mol. The molecular formula is C26H22ClN3O5S. The zero-order valence-electron chi connectivity index (χ0n) is 19.4. The summed E-state index contributed by atoms with van der Waals surface area (Å²) < 4.78 is 9.75. The fraction of sp³-hybridized carbons (Fsp3) is 0.231. The number of carbonyl (C=O) groups is 3. The van der Waals surface area contributed by atoms with Crippen molar-refractivity contribution in [3.05, 3.63) is 75.3 Å². The molecule has 10 heteroatoms. The van der Waals surface area contributed by atoms with Crippen molar-refractivity contribution < 1.29 is 24.2 Å². The van der Waals surface area contributed by atoms with Crippen molar-refractivity contribution in [3.8, 4) is 11.8 Å². The second-order valence-corrected chi connectivity index (χ2v) is 9.52. The van der Waals surface area contributed by atoms with E-state index in [9.17, 15) is 19.5 Å². The van der Waals surface area contributed by atoms with Gasteiger partial charge in [-0.15, -0.1) is 0 Å². The van der Waals surface area contributed by atoms with Gasteiger partial charge in [0.2, 0.25) is 5.91 Å². The molecular weight excluding hydrogens is 502 g/mol. The van der Waals surface area contributed by atoms with Gasteiger partial charge in [-0.1, -0.05) is 35.7 Å². The van der Waals surface area contributed by atoms with Crippen LogP contribution in [0.5, 0.6) is 0 Å². The first-order valence-electron chi connectivity index (χ1n) is 11.0. The van der Waals surface area contributed by atoms with E-state index < -0.39 is 29.5 Å². The summed E-state index contributed by atoms with van der Waals surface area (Å²) in [7, 11) is 0. The molecule has 1 aliphatic carbocycles. The van der Waals surface area contributed by atoms with E-state index in [1.54, 1.807) is 56.3 Å². The number of carboxylic acid groups (broad SMARTS) is 1. The van der Waals surface area contributed by atoms with Crippen molar-refractivity contribution in [1.82, 2.24) is 4.37 Å². The Bertz CT molecular complexity index is 1390. The number of amides is 2. The SMILES string of the molecule is Cc1nsc(C#Cc2ccc(NC(=O)C3(C(=O)O)CC3)cc2)c1NC(=O)OC(C)c1ccccc1Cl. The second kappa shape index (κ2) is 10.4. The minimum Gasteiger partial charge on any atom is -0.480 e. The summed E-state index contributed by atoms with van der Waals surface area (Å²) in [4.78, 5) is 36.6.